The van der Waals surface area contributed by atoms with Gasteiger partial charge in [0.05, 0.1) is 5.52 Å². The minimum absolute atomic E-state index is 0.579. The van der Waals surface area contributed by atoms with Crippen LogP contribution in [0.2, 0.25) is 0 Å². The van der Waals surface area contributed by atoms with Gasteiger partial charge in [-0.25, -0.2) is 0 Å². The van der Waals surface area contributed by atoms with Crippen LogP contribution >= 0.6 is 0 Å². The fourth-order valence-corrected chi connectivity index (χ4v) is 3.10. The maximum atomic E-state index is 6.14. The second kappa shape index (κ2) is 6.86. The second-order valence-corrected chi connectivity index (χ2v) is 6.40. The van der Waals surface area contributed by atoms with E-state index < -0.39 is 0 Å². The van der Waals surface area contributed by atoms with Crippen LogP contribution in [-0.4, -0.2) is 4.57 Å². The van der Waals surface area contributed by atoms with Crippen LogP contribution in [0.5, 0.6) is 5.75 Å². The van der Waals surface area contributed by atoms with Crippen molar-refractivity contribution in [2.45, 2.75) is 20.1 Å². The number of hydrogen-bond donors (Lipinski definition) is 0. The molecule has 0 aliphatic rings. The Morgan fingerprint density at radius 2 is 1.56 bits per heavy atom. The fourth-order valence-electron chi connectivity index (χ4n) is 3.10. The molecule has 3 aromatic carbocycles. The second-order valence-electron chi connectivity index (χ2n) is 6.40. The normalized spacial score (nSPS) is 10.9. The minimum Gasteiger partial charge on any atom is -0.487 e. The predicted octanol–water partition coefficient (Wildman–Crippen LogP) is 5.58. The van der Waals surface area contributed by atoms with Gasteiger partial charge in [-0.2, -0.15) is 0 Å². The van der Waals surface area contributed by atoms with Crippen LogP contribution < -0.4 is 4.74 Å². The average molecular weight is 327 g/mol. The molecular weight excluding hydrogens is 306 g/mol. The molecule has 0 radical (unpaired) electrons. The summed E-state index contributed by atoms with van der Waals surface area (Å²) in [4.78, 5) is 0. The molecule has 2 heteroatoms. The summed E-state index contributed by atoms with van der Waals surface area (Å²) in [5.74, 6) is 0.929. The number of aromatic nitrogens is 1. The van der Waals surface area contributed by atoms with E-state index in [4.69, 9.17) is 4.74 Å². The third-order valence-corrected chi connectivity index (χ3v) is 4.46. The summed E-state index contributed by atoms with van der Waals surface area (Å²) in [5.41, 5.74) is 4.91. The Balaban J connectivity index is 1.63. The van der Waals surface area contributed by atoms with Gasteiger partial charge in [-0.15, -0.1) is 0 Å². The summed E-state index contributed by atoms with van der Waals surface area (Å²) in [5, 5.41) is 1.21. The predicted molar refractivity (Wildman–Crippen MR) is 103 cm³/mol. The molecular formula is C23H21NO. The van der Waals surface area contributed by atoms with E-state index in [9.17, 15) is 0 Å². The van der Waals surface area contributed by atoms with E-state index in [0.29, 0.717) is 6.61 Å². The molecule has 1 aromatic heterocycles. The summed E-state index contributed by atoms with van der Waals surface area (Å²) in [6, 6.07) is 27.4. The maximum absolute atomic E-state index is 6.14. The Labute approximate surface area is 148 Å². The number of benzene rings is 3. The molecule has 4 aromatic rings. The summed E-state index contributed by atoms with van der Waals surface area (Å²) in [6.45, 7) is 3.54. The molecule has 0 N–H and O–H groups in total. The van der Waals surface area contributed by atoms with Gasteiger partial charge in [0.1, 0.15) is 12.4 Å². The molecule has 0 saturated carbocycles. The standard InChI is InChI=1S/C23H21NO/c1-18-10-12-19(13-11-18)16-24-15-14-21-8-5-9-22(23(21)24)25-17-20-6-3-2-4-7-20/h2-15H,16-17H2,1H3. The highest BCUT2D eigenvalue weighted by molar-refractivity contribution is 5.86. The van der Waals surface area contributed by atoms with E-state index in [1.54, 1.807) is 0 Å². The monoisotopic (exact) mass is 327 g/mol. The Bertz CT molecular complexity index is 968. The zero-order valence-corrected chi connectivity index (χ0v) is 14.4. The smallest absolute Gasteiger partial charge is 0.144 e. The first-order valence-corrected chi connectivity index (χ1v) is 8.60. The number of fused-ring (bicyclic) bond motifs is 1. The van der Waals surface area contributed by atoms with Crippen LogP contribution in [-0.2, 0) is 13.2 Å². The molecule has 2 nitrogen and oxygen atoms in total. The van der Waals surface area contributed by atoms with Gasteiger partial charge in [-0.05, 0) is 30.2 Å². The lowest BCUT2D eigenvalue weighted by Crippen LogP contribution is -2.01. The third-order valence-electron chi connectivity index (χ3n) is 4.46. The van der Waals surface area contributed by atoms with E-state index in [1.807, 2.05) is 18.2 Å². The van der Waals surface area contributed by atoms with Gasteiger partial charge in [-0.1, -0.05) is 72.3 Å². The third kappa shape index (κ3) is 3.43. The van der Waals surface area contributed by atoms with Gasteiger partial charge < -0.3 is 9.30 Å². The molecule has 124 valence electrons. The lowest BCUT2D eigenvalue weighted by molar-refractivity contribution is 0.308. The largest absolute Gasteiger partial charge is 0.487 e. The zero-order chi connectivity index (χ0) is 17.1. The van der Waals surface area contributed by atoms with Crippen LogP contribution in [0, 0.1) is 6.92 Å². The first kappa shape index (κ1) is 15.5. The Kier molecular flexibility index (Phi) is 4.26. The lowest BCUT2D eigenvalue weighted by atomic mass is 10.1. The van der Waals surface area contributed by atoms with Gasteiger partial charge in [0.15, 0.2) is 0 Å². The van der Waals surface area contributed by atoms with Crippen LogP contribution in [0.15, 0.2) is 85.1 Å². The van der Waals surface area contributed by atoms with Crippen molar-refractivity contribution in [2.75, 3.05) is 0 Å². The molecule has 0 bridgehead atoms. The van der Waals surface area contributed by atoms with Gasteiger partial charge in [0.25, 0.3) is 0 Å². The molecule has 0 aliphatic carbocycles. The molecule has 1 heterocycles. The van der Waals surface area contributed by atoms with E-state index in [-0.39, 0.29) is 0 Å². The van der Waals surface area contributed by atoms with Crippen molar-refractivity contribution in [1.82, 2.24) is 4.57 Å². The molecule has 4 rings (SSSR count). The van der Waals surface area contributed by atoms with Gasteiger partial charge in [0.2, 0.25) is 0 Å². The van der Waals surface area contributed by atoms with Crippen LogP contribution in [0.3, 0.4) is 0 Å². The highest BCUT2D eigenvalue weighted by Crippen LogP contribution is 2.28. The first-order chi connectivity index (χ1) is 12.3. The SMILES string of the molecule is Cc1ccc(Cn2ccc3cccc(OCc4ccccc4)c32)cc1. The highest BCUT2D eigenvalue weighted by Gasteiger charge is 2.08. The highest BCUT2D eigenvalue weighted by atomic mass is 16.5. The number of hydrogen-bond acceptors (Lipinski definition) is 1. The van der Waals surface area contributed by atoms with Gasteiger partial charge in [-0.3, -0.25) is 0 Å². The van der Waals surface area contributed by atoms with E-state index >= 15 is 0 Å². The molecule has 25 heavy (non-hydrogen) atoms. The van der Waals surface area contributed by atoms with E-state index in [0.717, 1.165) is 17.8 Å². The Morgan fingerprint density at radius 1 is 0.760 bits per heavy atom. The van der Waals surface area contributed by atoms with Crippen molar-refractivity contribution < 1.29 is 4.74 Å². The van der Waals surface area contributed by atoms with Crippen LogP contribution in [0.25, 0.3) is 10.9 Å². The average Bonchev–Trinajstić information content (AvgIpc) is 3.06. The minimum atomic E-state index is 0.579. The number of nitrogens with zero attached hydrogens (tertiary/aromatic N) is 1. The molecule has 0 amide bonds. The summed E-state index contributed by atoms with van der Waals surface area (Å²) >= 11 is 0. The molecule has 0 aliphatic heterocycles. The Morgan fingerprint density at radius 3 is 2.36 bits per heavy atom. The van der Waals surface area contributed by atoms with Crippen molar-refractivity contribution in [3.05, 3.63) is 102 Å². The molecule has 0 unspecified atom stereocenters. The molecule has 0 atom stereocenters. The molecule has 0 spiro atoms. The van der Waals surface area contributed by atoms with Gasteiger partial charge in [0, 0.05) is 18.1 Å². The maximum Gasteiger partial charge on any atom is 0.144 e. The van der Waals surface area contributed by atoms with Crippen LogP contribution in [0.1, 0.15) is 16.7 Å². The van der Waals surface area contributed by atoms with Crippen molar-refractivity contribution in [3.63, 3.8) is 0 Å². The van der Waals surface area contributed by atoms with E-state index in [2.05, 4.69) is 78.4 Å². The Hall–Kier alpha value is -3.00. The topological polar surface area (TPSA) is 14.2 Å². The van der Waals surface area contributed by atoms with Crippen molar-refractivity contribution in [1.29, 1.82) is 0 Å². The summed E-state index contributed by atoms with van der Waals surface area (Å²) < 4.78 is 8.40. The number of ether oxygens (including phenoxy) is 1. The summed E-state index contributed by atoms with van der Waals surface area (Å²) in [7, 11) is 0. The number of aryl methyl sites for hydroxylation is 1. The number of para-hydroxylation sites is 1. The lowest BCUT2D eigenvalue weighted by Gasteiger charge is -2.12. The fraction of sp³-hybridized carbons (Fsp3) is 0.130. The quantitative estimate of drug-likeness (QED) is 0.467. The van der Waals surface area contributed by atoms with Crippen molar-refractivity contribution in [3.8, 4) is 5.75 Å². The molecule has 0 saturated heterocycles. The number of rotatable bonds is 5. The van der Waals surface area contributed by atoms with Crippen LogP contribution in [0.4, 0.5) is 0 Å². The summed E-state index contributed by atoms with van der Waals surface area (Å²) in [6.07, 6.45) is 2.14. The van der Waals surface area contributed by atoms with Gasteiger partial charge >= 0.3 is 0 Å². The van der Waals surface area contributed by atoms with Crippen molar-refractivity contribution in [2.24, 2.45) is 0 Å². The zero-order valence-electron chi connectivity index (χ0n) is 14.4. The van der Waals surface area contributed by atoms with E-state index in [1.165, 1.54) is 22.1 Å². The molecule has 0 fully saturated rings. The first-order valence-electron chi connectivity index (χ1n) is 8.60. The van der Waals surface area contributed by atoms with Crippen molar-refractivity contribution >= 4 is 10.9 Å².